The van der Waals surface area contributed by atoms with Crippen LogP contribution in [0.1, 0.15) is 55.6 Å². The largest absolute Gasteiger partial charge is 0.326 e. The minimum atomic E-state index is -0.101. The standard InChI is InChI=1S/C26H32N4O/c1-28(2)26(22-6-4-3-5-7-22)16-25(17-26)18-29(24(31)30(25)15-19-8-9-19)23-13-12-21(14-27-23)20-10-11-20/h3-7,12-14,19-20H,8-11,15-18H2,1-2H3/t25-,26+. The quantitative estimate of drug-likeness (QED) is 0.691. The third kappa shape index (κ3) is 3.08. The molecule has 1 saturated heterocycles. The van der Waals surface area contributed by atoms with E-state index in [-0.39, 0.29) is 17.1 Å². The predicted octanol–water partition coefficient (Wildman–Crippen LogP) is 4.60. The van der Waals surface area contributed by atoms with Gasteiger partial charge in [-0.1, -0.05) is 36.4 Å². The van der Waals surface area contributed by atoms with Crippen molar-refractivity contribution in [3.63, 3.8) is 0 Å². The maximum absolute atomic E-state index is 13.6. The molecule has 6 rings (SSSR count). The van der Waals surface area contributed by atoms with Gasteiger partial charge in [-0.2, -0.15) is 0 Å². The van der Waals surface area contributed by atoms with Gasteiger partial charge in [-0.15, -0.1) is 0 Å². The van der Waals surface area contributed by atoms with Crippen molar-refractivity contribution in [1.82, 2.24) is 14.8 Å². The Balaban J connectivity index is 1.31. The summed E-state index contributed by atoms with van der Waals surface area (Å²) in [6, 6.07) is 15.2. The number of nitrogens with zero attached hydrogens (tertiary/aromatic N) is 4. The Kier molecular flexibility index (Phi) is 4.23. The monoisotopic (exact) mass is 416 g/mol. The van der Waals surface area contributed by atoms with Crippen molar-refractivity contribution in [3.8, 4) is 0 Å². The normalized spacial score (nSPS) is 30.4. The highest BCUT2D eigenvalue weighted by Gasteiger charge is 2.65. The van der Waals surface area contributed by atoms with Gasteiger partial charge in [0.1, 0.15) is 5.82 Å². The summed E-state index contributed by atoms with van der Waals surface area (Å²) < 4.78 is 0. The summed E-state index contributed by atoms with van der Waals surface area (Å²) in [4.78, 5) is 24.9. The lowest BCUT2D eigenvalue weighted by Gasteiger charge is -2.60. The van der Waals surface area contributed by atoms with Crippen LogP contribution in [0.3, 0.4) is 0 Å². The predicted molar refractivity (Wildman–Crippen MR) is 122 cm³/mol. The van der Waals surface area contributed by atoms with Crippen molar-refractivity contribution in [2.45, 2.75) is 55.5 Å². The number of urea groups is 1. The first-order chi connectivity index (χ1) is 15.0. The molecule has 5 heteroatoms. The summed E-state index contributed by atoms with van der Waals surface area (Å²) in [5.41, 5.74) is 2.56. The third-order valence-corrected chi connectivity index (χ3v) is 8.13. The molecule has 0 bridgehead atoms. The average molecular weight is 417 g/mol. The second kappa shape index (κ2) is 6.80. The van der Waals surface area contributed by atoms with Gasteiger partial charge in [0.2, 0.25) is 0 Å². The third-order valence-electron chi connectivity index (χ3n) is 8.13. The molecule has 2 heterocycles. The molecule has 162 valence electrons. The maximum Gasteiger partial charge on any atom is 0.326 e. The summed E-state index contributed by atoms with van der Waals surface area (Å²) >= 11 is 0. The van der Waals surface area contributed by atoms with Crippen LogP contribution >= 0.6 is 0 Å². The van der Waals surface area contributed by atoms with Gasteiger partial charge in [-0.05, 0) is 81.6 Å². The number of hydrogen-bond donors (Lipinski definition) is 0. The number of anilines is 1. The van der Waals surface area contributed by atoms with E-state index >= 15 is 0 Å². The zero-order valence-corrected chi connectivity index (χ0v) is 18.6. The van der Waals surface area contributed by atoms with E-state index < -0.39 is 0 Å². The van der Waals surface area contributed by atoms with Gasteiger partial charge in [0.15, 0.2) is 0 Å². The maximum atomic E-state index is 13.6. The Labute approximate surface area is 185 Å². The zero-order chi connectivity index (χ0) is 21.2. The molecule has 4 fully saturated rings. The van der Waals surface area contributed by atoms with Crippen LogP contribution in [0.15, 0.2) is 48.7 Å². The molecule has 2 aromatic rings. The van der Waals surface area contributed by atoms with Crippen LogP contribution in [0.4, 0.5) is 10.6 Å². The topological polar surface area (TPSA) is 39.7 Å². The molecule has 0 radical (unpaired) electrons. The number of rotatable bonds is 6. The van der Waals surface area contributed by atoms with Crippen molar-refractivity contribution in [2.75, 3.05) is 32.1 Å². The van der Waals surface area contributed by atoms with Gasteiger partial charge < -0.3 is 4.90 Å². The van der Waals surface area contributed by atoms with E-state index in [4.69, 9.17) is 4.98 Å². The SMILES string of the molecule is CN(C)[C@]1(c2ccccc2)C[C@@]2(CN(c3ccc(C4CC4)cn3)C(=O)N2CC2CC2)C1. The molecule has 1 aromatic heterocycles. The van der Waals surface area contributed by atoms with Crippen LogP contribution in [0.2, 0.25) is 0 Å². The Hall–Kier alpha value is -2.40. The van der Waals surface area contributed by atoms with E-state index in [0.717, 1.165) is 31.7 Å². The molecule has 31 heavy (non-hydrogen) atoms. The van der Waals surface area contributed by atoms with Crippen molar-refractivity contribution in [2.24, 2.45) is 5.92 Å². The van der Waals surface area contributed by atoms with E-state index in [1.54, 1.807) is 0 Å². The molecule has 0 atom stereocenters. The minimum Gasteiger partial charge on any atom is -0.316 e. The molecule has 5 nitrogen and oxygen atoms in total. The van der Waals surface area contributed by atoms with E-state index in [0.29, 0.717) is 11.8 Å². The van der Waals surface area contributed by atoms with Gasteiger partial charge in [-0.25, -0.2) is 9.78 Å². The van der Waals surface area contributed by atoms with Crippen LogP contribution in [-0.4, -0.2) is 53.5 Å². The first kappa shape index (κ1) is 19.3. The molecule has 0 N–H and O–H groups in total. The van der Waals surface area contributed by atoms with Crippen molar-refractivity contribution in [3.05, 3.63) is 59.8 Å². The summed E-state index contributed by atoms with van der Waals surface area (Å²) in [5.74, 6) is 2.18. The molecule has 0 unspecified atom stereocenters. The highest BCUT2D eigenvalue weighted by Crippen LogP contribution is 2.57. The first-order valence-electron chi connectivity index (χ1n) is 11.8. The average Bonchev–Trinajstić information content (AvgIpc) is 3.67. The van der Waals surface area contributed by atoms with Crippen molar-refractivity contribution >= 4 is 11.8 Å². The summed E-state index contributed by atoms with van der Waals surface area (Å²) in [6.07, 6.45) is 9.00. The number of aromatic nitrogens is 1. The lowest BCUT2D eigenvalue weighted by atomic mass is 9.58. The Morgan fingerprint density at radius 3 is 2.35 bits per heavy atom. The van der Waals surface area contributed by atoms with Gasteiger partial charge in [0, 0.05) is 12.7 Å². The molecule has 3 saturated carbocycles. The first-order valence-corrected chi connectivity index (χ1v) is 11.8. The number of pyridine rings is 1. The number of carbonyl (C=O) groups is 1. The lowest BCUT2D eigenvalue weighted by molar-refractivity contribution is -0.0680. The molecule has 3 aliphatic carbocycles. The fourth-order valence-electron chi connectivity index (χ4n) is 5.89. The van der Waals surface area contributed by atoms with Crippen LogP contribution in [0, 0.1) is 5.92 Å². The molecule has 1 spiro atoms. The van der Waals surface area contributed by atoms with Crippen LogP contribution in [-0.2, 0) is 5.54 Å². The van der Waals surface area contributed by atoms with Crippen molar-refractivity contribution in [1.29, 1.82) is 0 Å². The van der Waals surface area contributed by atoms with E-state index in [2.05, 4.69) is 66.4 Å². The smallest absolute Gasteiger partial charge is 0.316 e. The molecular weight excluding hydrogens is 384 g/mol. The Bertz CT molecular complexity index is 972. The molecule has 2 amide bonds. The second-order valence-corrected chi connectivity index (χ2v) is 10.5. The molecule has 1 aliphatic heterocycles. The van der Waals surface area contributed by atoms with Gasteiger partial charge in [0.05, 0.1) is 17.6 Å². The van der Waals surface area contributed by atoms with Crippen molar-refractivity contribution < 1.29 is 4.79 Å². The molecular formula is C26H32N4O. The number of hydrogen-bond acceptors (Lipinski definition) is 3. The van der Waals surface area contributed by atoms with Gasteiger partial charge in [-0.3, -0.25) is 9.80 Å². The lowest BCUT2D eigenvalue weighted by Crippen LogP contribution is -2.67. The van der Waals surface area contributed by atoms with Gasteiger partial charge in [0.25, 0.3) is 0 Å². The van der Waals surface area contributed by atoms with Gasteiger partial charge >= 0.3 is 6.03 Å². The van der Waals surface area contributed by atoms with E-state index in [9.17, 15) is 4.79 Å². The van der Waals surface area contributed by atoms with Crippen LogP contribution in [0.25, 0.3) is 0 Å². The summed E-state index contributed by atoms with van der Waals surface area (Å²) in [7, 11) is 4.36. The highest BCUT2D eigenvalue weighted by molar-refractivity contribution is 5.95. The molecule has 1 aromatic carbocycles. The zero-order valence-electron chi connectivity index (χ0n) is 18.6. The number of carbonyl (C=O) groups excluding carboxylic acids is 1. The number of amides is 2. The van der Waals surface area contributed by atoms with E-state index in [1.807, 2.05) is 11.1 Å². The summed E-state index contributed by atoms with van der Waals surface area (Å²) in [6.45, 7) is 1.64. The van der Waals surface area contributed by atoms with Crippen LogP contribution in [0.5, 0.6) is 0 Å². The minimum absolute atomic E-state index is 0.0113. The fourth-order valence-corrected chi connectivity index (χ4v) is 5.89. The Morgan fingerprint density at radius 2 is 1.77 bits per heavy atom. The summed E-state index contributed by atoms with van der Waals surface area (Å²) in [5, 5.41) is 0. The van der Waals surface area contributed by atoms with E-state index in [1.165, 1.54) is 36.8 Å². The second-order valence-electron chi connectivity index (χ2n) is 10.5. The van der Waals surface area contributed by atoms with Crippen LogP contribution < -0.4 is 4.90 Å². The fraction of sp³-hybridized carbons (Fsp3) is 0.538. The highest BCUT2D eigenvalue weighted by atomic mass is 16.2. The Morgan fingerprint density at radius 1 is 1.03 bits per heavy atom. The molecule has 4 aliphatic rings. The number of benzene rings is 1.